The number of aliphatic hydroxyl groups excluding tert-OH is 1. The van der Waals surface area contributed by atoms with Crippen molar-refractivity contribution in [2.24, 2.45) is 0 Å². The van der Waals surface area contributed by atoms with E-state index in [2.05, 4.69) is 4.98 Å². The number of esters is 1. The molecule has 0 spiro atoms. The molecule has 0 unspecified atom stereocenters. The van der Waals surface area contributed by atoms with Gasteiger partial charge in [-0.3, -0.25) is 19.1 Å². The van der Waals surface area contributed by atoms with Crippen LogP contribution in [0.3, 0.4) is 0 Å². The zero-order chi connectivity index (χ0) is 17.9. The van der Waals surface area contributed by atoms with Crippen molar-refractivity contribution < 1.29 is 24.2 Å². The molecule has 9 heteroatoms. The van der Waals surface area contributed by atoms with Crippen LogP contribution in [0.5, 0.6) is 0 Å². The van der Waals surface area contributed by atoms with Gasteiger partial charge < -0.3 is 19.4 Å². The Balaban J connectivity index is 1.96. The average Bonchev–Trinajstić information content (AvgIpc) is 2.87. The maximum Gasteiger partial charge on any atom is 0.330 e. The molecule has 2 heterocycles. The lowest BCUT2D eigenvalue weighted by atomic mass is 10.2. The summed E-state index contributed by atoms with van der Waals surface area (Å²) in [5, 5.41) is 10.0. The highest BCUT2D eigenvalue weighted by Gasteiger charge is 2.36. The third kappa shape index (κ3) is 4.39. The second-order valence-corrected chi connectivity index (χ2v) is 5.80. The van der Waals surface area contributed by atoms with E-state index in [0.29, 0.717) is 5.56 Å². The Morgan fingerprint density at radius 1 is 1.42 bits per heavy atom. The summed E-state index contributed by atoms with van der Waals surface area (Å²) >= 11 is 0. The predicted octanol–water partition coefficient (Wildman–Crippen LogP) is -0.594. The molecule has 1 saturated heterocycles. The van der Waals surface area contributed by atoms with Gasteiger partial charge in [-0.15, -0.1) is 0 Å². The number of H-pyrrole nitrogens is 1. The number of aliphatic hydroxyl groups is 1. The van der Waals surface area contributed by atoms with Gasteiger partial charge in [0.05, 0.1) is 12.5 Å². The van der Waals surface area contributed by atoms with E-state index in [9.17, 15) is 24.3 Å². The number of nitrogens with zero attached hydrogens (tertiary/aromatic N) is 1. The van der Waals surface area contributed by atoms with E-state index >= 15 is 0 Å². The minimum atomic E-state index is -0.922. The van der Waals surface area contributed by atoms with Crippen molar-refractivity contribution in [3.05, 3.63) is 32.6 Å². The van der Waals surface area contributed by atoms with Crippen molar-refractivity contribution in [2.75, 3.05) is 6.61 Å². The molecule has 0 aromatic carbocycles. The molecule has 0 aliphatic carbocycles. The lowest BCUT2D eigenvalue weighted by Gasteiger charge is -2.16. The first-order chi connectivity index (χ1) is 11.3. The van der Waals surface area contributed by atoms with Gasteiger partial charge in [0.25, 0.3) is 5.56 Å². The highest BCUT2D eigenvalue weighted by Crippen LogP contribution is 2.27. The fourth-order valence-electron chi connectivity index (χ4n) is 2.36. The summed E-state index contributed by atoms with van der Waals surface area (Å²) in [6.45, 7) is 2.76. The number of aromatic nitrogens is 2. The molecule has 2 rings (SSSR count). The van der Waals surface area contributed by atoms with E-state index in [1.807, 2.05) is 0 Å². The number of hydrogen-bond donors (Lipinski definition) is 2. The van der Waals surface area contributed by atoms with Crippen LogP contribution in [-0.2, 0) is 19.1 Å². The molecule has 0 radical (unpaired) electrons. The van der Waals surface area contributed by atoms with E-state index in [4.69, 9.17) is 9.47 Å². The van der Waals surface area contributed by atoms with Gasteiger partial charge >= 0.3 is 11.7 Å². The molecular weight excluding hydrogens is 320 g/mol. The molecule has 1 aromatic rings. The maximum absolute atomic E-state index is 11.8. The average molecular weight is 340 g/mol. The number of rotatable bonds is 6. The highest BCUT2D eigenvalue weighted by atomic mass is 16.6. The van der Waals surface area contributed by atoms with E-state index < -0.39 is 35.7 Å². The molecule has 0 bridgehead atoms. The molecule has 2 N–H and O–H groups in total. The fraction of sp³-hybridized carbons (Fsp3) is 0.600. The molecule has 132 valence electrons. The summed E-state index contributed by atoms with van der Waals surface area (Å²) in [6, 6.07) is 0. The number of carbonyl (C=O) groups is 2. The smallest absolute Gasteiger partial charge is 0.330 e. The van der Waals surface area contributed by atoms with Crippen molar-refractivity contribution >= 4 is 11.8 Å². The highest BCUT2D eigenvalue weighted by molar-refractivity contribution is 5.80. The van der Waals surface area contributed by atoms with Gasteiger partial charge in [-0.2, -0.15) is 0 Å². The largest absolute Gasteiger partial charge is 0.463 e. The third-order valence-electron chi connectivity index (χ3n) is 3.75. The van der Waals surface area contributed by atoms with Crippen LogP contribution in [0.4, 0.5) is 0 Å². The van der Waals surface area contributed by atoms with E-state index in [0.717, 1.165) is 0 Å². The van der Waals surface area contributed by atoms with Crippen LogP contribution in [0.15, 0.2) is 15.8 Å². The number of ether oxygens (including phenoxy) is 2. The molecular formula is C15H20N2O7. The Labute approximate surface area is 137 Å². The minimum Gasteiger partial charge on any atom is -0.463 e. The SMILES string of the molecule is CC(=O)CCC(=O)OC[C@H]1O[C@@H](n2cc(C)c(=O)[nH]c2=O)C[C@@H]1O. The second-order valence-electron chi connectivity index (χ2n) is 5.80. The predicted molar refractivity (Wildman–Crippen MR) is 81.5 cm³/mol. The van der Waals surface area contributed by atoms with Crippen LogP contribution < -0.4 is 11.2 Å². The van der Waals surface area contributed by atoms with E-state index in [1.165, 1.54) is 17.7 Å². The standard InChI is InChI=1S/C15H20N2O7/c1-8-6-17(15(22)16-14(8)21)12-5-10(19)11(24-12)7-23-13(20)4-3-9(2)18/h6,10-12,19H,3-5,7H2,1-2H3,(H,16,21,22)/t10-,11+,12+/m0/s1. The number of aryl methyl sites for hydroxylation is 1. The molecule has 3 atom stereocenters. The zero-order valence-electron chi connectivity index (χ0n) is 13.5. The topological polar surface area (TPSA) is 128 Å². The molecule has 24 heavy (non-hydrogen) atoms. The van der Waals surface area contributed by atoms with Crippen molar-refractivity contribution in [3.63, 3.8) is 0 Å². The number of hydrogen-bond acceptors (Lipinski definition) is 7. The lowest BCUT2D eigenvalue weighted by molar-refractivity contribution is -0.151. The van der Waals surface area contributed by atoms with Crippen molar-refractivity contribution in [1.82, 2.24) is 9.55 Å². The number of ketones is 1. The zero-order valence-corrected chi connectivity index (χ0v) is 13.5. The Kier molecular flexibility index (Phi) is 5.68. The van der Waals surface area contributed by atoms with Crippen LogP contribution in [0.25, 0.3) is 0 Å². The Morgan fingerprint density at radius 2 is 2.12 bits per heavy atom. The van der Waals surface area contributed by atoms with Crippen molar-refractivity contribution in [2.45, 2.75) is 51.5 Å². The number of carbonyl (C=O) groups excluding carboxylic acids is 2. The van der Waals surface area contributed by atoms with Gasteiger partial charge in [-0.05, 0) is 13.8 Å². The Bertz CT molecular complexity index is 736. The van der Waals surface area contributed by atoms with E-state index in [1.54, 1.807) is 6.92 Å². The van der Waals surface area contributed by atoms with Crippen LogP contribution >= 0.6 is 0 Å². The van der Waals surface area contributed by atoms with E-state index in [-0.39, 0.29) is 31.7 Å². The Hall–Kier alpha value is -2.26. The molecule has 1 aliphatic heterocycles. The van der Waals surface area contributed by atoms with Gasteiger partial charge in [-0.1, -0.05) is 0 Å². The summed E-state index contributed by atoms with van der Waals surface area (Å²) < 4.78 is 11.7. The van der Waals surface area contributed by atoms with Crippen LogP contribution in [-0.4, -0.2) is 45.2 Å². The van der Waals surface area contributed by atoms with Crippen LogP contribution in [0.2, 0.25) is 0 Å². The first-order valence-corrected chi connectivity index (χ1v) is 7.58. The monoisotopic (exact) mass is 340 g/mol. The molecule has 0 amide bonds. The summed E-state index contributed by atoms with van der Waals surface area (Å²) in [5.41, 5.74) is -0.778. The number of Topliss-reactive ketones (excluding diaryl/α,β-unsaturated/α-hetero) is 1. The first kappa shape index (κ1) is 18.1. The van der Waals surface area contributed by atoms with Gasteiger partial charge in [-0.25, -0.2) is 4.79 Å². The van der Waals surface area contributed by atoms with Crippen molar-refractivity contribution in [3.8, 4) is 0 Å². The first-order valence-electron chi connectivity index (χ1n) is 7.58. The summed E-state index contributed by atoms with van der Waals surface area (Å²) in [7, 11) is 0. The minimum absolute atomic E-state index is 0.0276. The number of nitrogens with one attached hydrogen (secondary N) is 1. The fourth-order valence-corrected chi connectivity index (χ4v) is 2.36. The maximum atomic E-state index is 11.8. The normalized spacial score (nSPS) is 23.2. The molecule has 0 saturated carbocycles. The quantitative estimate of drug-likeness (QED) is 0.662. The van der Waals surface area contributed by atoms with Crippen LogP contribution in [0.1, 0.15) is 38.0 Å². The number of aromatic amines is 1. The summed E-state index contributed by atoms with van der Waals surface area (Å²) in [6.07, 6.45) is -0.906. The van der Waals surface area contributed by atoms with Gasteiger partial charge in [0.15, 0.2) is 0 Å². The molecule has 1 aromatic heterocycles. The molecule has 1 aliphatic rings. The summed E-state index contributed by atoms with van der Waals surface area (Å²) in [5.74, 6) is -0.668. The summed E-state index contributed by atoms with van der Waals surface area (Å²) in [4.78, 5) is 47.7. The molecule has 9 nitrogen and oxygen atoms in total. The second kappa shape index (κ2) is 7.54. The van der Waals surface area contributed by atoms with Crippen molar-refractivity contribution in [1.29, 1.82) is 0 Å². The van der Waals surface area contributed by atoms with Crippen LogP contribution in [0, 0.1) is 6.92 Å². The molecule has 1 fully saturated rings. The van der Waals surface area contributed by atoms with Gasteiger partial charge in [0, 0.05) is 24.6 Å². The third-order valence-corrected chi connectivity index (χ3v) is 3.75. The van der Waals surface area contributed by atoms with Gasteiger partial charge in [0.1, 0.15) is 24.7 Å². The Morgan fingerprint density at radius 3 is 2.79 bits per heavy atom. The lowest BCUT2D eigenvalue weighted by Crippen LogP contribution is -2.33. The van der Waals surface area contributed by atoms with Gasteiger partial charge in [0.2, 0.25) is 0 Å².